The molecule has 1 amide bonds. The highest BCUT2D eigenvalue weighted by Crippen LogP contribution is 2.32. The SMILES string of the molecule is O=C(CCc1c[nH]c2ccccc12)N1CCC[C@@H]1c1nnc2ccccn12. The lowest BCUT2D eigenvalue weighted by molar-refractivity contribution is -0.132. The van der Waals surface area contributed by atoms with Gasteiger partial charge in [-0.1, -0.05) is 24.3 Å². The number of amides is 1. The molecule has 5 rings (SSSR count). The summed E-state index contributed by atoms with van der Waals surface area (Å²) in [6, 6.07) is 14.1. The summed E-state index contributed by atoms with van der Waals surface area (Å²) in [4.78, 5) is 18.2. The molecule has 1 atom stereocenters. The van der Waals surface area contributed by atoms with Crippen molar-refractivity contribution < 1.29 is 4.79 Å². The third kappa shape index (κ3) is 2.77. The summed E-state index contributed by atoms with van der Waals surface area (Å²) in [5.41, 5.74) is 3.14. The van der Waals surface area contributed by atoms with Crippen molar-refractivity contribution in [1.29, 1.82) is 0 Å². The van der Waals surface area contributed by atoms with E-state index in [4.69, 9.17) is 0 Å². The molecule has 0 aliphatic carbocycles. The minimum absolute atomic E-state index is 0.0119. The topological polar surface area (TPSA) is 66.3 Å². The van der Waals surface area contributed by atoms with Gasteiger partial charge in [0.15, 0.2) is 11.5 Å². The number of H-pyrrole nitrogens is 1. The predicted octanol–water partition coefficient (Wildman–Crippen LogP) is 3.51. The Kier molecular flexibility index (Phi) is 3.89. The van der Waals surface area contributed by atoms with Crippen molar-refractivity contribution in [2.24, 2.45) is 0 Å². The number of hydrogen-bond donors (Lipinski definition) is 1. The lowest BCUT2D eigenvalue weighted by atomic mass is 10.1. The van der Waals surface area contributed by atoms with Gasteiger partial charge in [0.25, 0.3) is 0 Å². The molecule has 0 spiro atoms. The summed E-state index contributed by atoms with van der Waals surface area (Å²) in [5.74, 6) is 1.05. The maximum absolute atomic E-state index is 13.0. The van der Waals surface area contributed by atoms with E-state index in [1.807, 2.05) is 52.0 Å². The predicted molar refractivity (Wildman–Crippen MR) is 103 cm³/mol. The second-order valence-electron chi connectivity index (χ2n) is 7.09. The molecule has 1 aliphatic heterocycles. The van der Waals surface area contributed by atoms with Gasteiger partial charge >= 0.3 is 0 Å². The van der Waals surface area contributed by atoms with Gasteiger partial charge in [0, 0.05) is 36.3 Å². The van der Waals surface area contributed by atoms with Crippen molar-refractivity contribution in [3.05, 3.63) is 66.2 Å². The van der Waals surface area contributed by atoms with Crippen LogP contribution in [0.3, 0.4) is 0 Å². The van der Waals surface area contributed by atoms with Gasteiger partial charge in [-0.15, -0.1) is 10.2 Å². The molecule has 1 N–H and O–H groups in total. The first-order valence-electron chi connectivity index (χ1n) is 9.45. The van der Waals surface area contributed by atoms with Gasteiger partial charge in [0.05, 0.1) is 6.04 Å². The van der Waals surface area contributed by atoms with E-state index in [1.54, 1.807) is 0 Å². The number of aryl methyl sites for hydroxylation is 1. The van der Waals surface area contributed by atoms with Crippen molar-refractivity contribution in [2.45, 2.75) is 31.7 Å². The second kappa shape index (κ2) is 6.54. The highest BCUT2D eigenvalue weighted by Gasteiger charge is 2.32. The minimum Gasteiger partial charge on any atom is -0.361 e. The molecule has 6 heteroatoms. The Bertz CT molecular complexity index is 1110. The van der Waals surface area contributed by atoms with E-state index in [0.29, 0.717) is 6.42 Å². The van der Waals surface area contributed by atoms with Gasteiger partial charge in [-0.05, 0) is 43.0 Å². The van der Waals surface area contributed by atoms with E-state index in [2.05, 4.69) is 27.3 Å². The molecule has 0 bridgehead atoms. The number of fused-ring (bicyclic) bond motifs is 2. The molecule has 1 saturated heterocycles. The molecule has 0 unspecified atom stereocenters. The molecule has 1 aromatic carbocycles. The van der Waals surface area contributed by atoms with E-state index < -0.39 is 0 Å². The molecule has 1 aliphatic rings. The van der Waals surface area contributed by atoms with E-state index in [1.165, 1.54) is 10.9 Å². The number of aromatic amines is 1. The lowest BCUT2D eigenvalue weighted by Gasteiger charge is -2.23. The van der Waals surface area contributed by atoms with Crippen molar-refractivity contribution in [3.8, 4) is 0 Å². The van der Waals surface area contributed by atoms with Crippen LogP contribution in [0.25, 0.3) is 16.6 Å². The first-order chi connectivity index (χ1) is 13.3. The smallest absolute Gasteiger partial charge is 0.223 e. The van der Waals surface area contributed by atoms with Crippen LogP contribution < -0.4 is 0 Å². The number of benzene rings is 1. The summed E-state index contributed by atoms with van der Waals surface area (Å²) >= 11 is 0. The molecule has 1 fully saturated rings. The molecule has 4 heterocycles. The fourth-order valence-corrected chi connectivity index (χ4v) is 4.14. The summed E-state index contributed by atoms with van der Waals surface area (Å²) in [5, 5.41) is 9.82. The van der Waals surface area contributed by atoms with Gasteiger partial charge < -0.3 is 9.88 Å². The number of rotatable bonds is 4. The van der Waals surface area contributed by atoms with Crippen LogP contribution >= 0.6 is 0 Å². The fourth-order valence-electron chi connectivity index (χ4n) is 4.14. The van der Waals surface area contributed by atoms with Crippen LogP contribution in [0.15, 0.2) is 54.9 Å². The molecule has 27 heavy (non-hydrogen) atoms. The molecular formula is C21H21N5O. The standard InChI is InChI=1S/C21H21N5O/c27-20(11-10-15-14-22-17-7-2-1-6-16(15)17)25-13-5-8-18(25)21-24-23-19-9-3-4-12-26(19)21/h1-4,6-7,9,12,14,18,22H,5,8,10-11,13H2/t18-/m1/s1. The number of aromatic nitrogens is 4. The number of para-hydroxylation sites is 1. The Morgan fingerprint density at radius 1 is 1.15 bits per heavy atom. The van der Waals surface area contributed by atoms with Crippen LogP contribution in [-0.4, -0.2) is 36.9 Å². The fraction of sp³-hybridized carbons (Fsp3) is 0.286. The summed E-state index contributed by atoms with van der Waals surface area (Å²) in [7, 11) is 0. The Morgan fingerprint density at radius 3 is 3.00 bits per heavy atom. The van der Waals surface area contributed by atoms with Gasteiger partial charge in [-0.2, -0.15) is 0 Å². The molecule has 4 aromatic rings. The average molecular weight is 359 g/mol. The average Bonchev–Trinajstić information content (AvgIpc) is 3.43. The first-order valence-corrected chi connectivity index (χ1v) is 9.45. The first kappa shape index (κ1) is 16.1. The molecular weight excluding hydrogens is 338 g/mol. The van der Waals surface area contributed by atoms with E-state index >= 15 is 0 Å². The van der Waals surface area contributed by atoms with Crippen molar-refractivity contribution >= 4 is 22.5 Å². The van der Waals surface area contributed by atoms with Crippen molar-refractivity contribution in [3.63, 3.8) is 0 Å². The van der Waals surface area contributed by atoms with Crippen molar-refractivity contribution in [2.75, 3.05) is 6.54 Å². The Labute approximate surface area is 156 Å². The Hall–Kier alpha value is -3.15. The summed E-state index contributed by atoms with van der Waals surface area (Å²) in [6.07, 6.45) is 7.19. The molecule has 136 valence electrons. The van der Waals surface area contributed by atoms with E-state index in [0.717, 1.165) is 42.8 Å². The second-order valence-corrected chi connectivity index (χ2v) is 7.09. The van der Waals surface area contributed by atoms with Crippen LogP contribution in [0.1, 0.15) is 36.7 Å². The molecule has 6 nitrogen and oxygen atoms in total. The molecule has 0 radical (unpaired) electrons. The Balaban J connectivity index is 1.35. The van der Waals surface area contributed by atoms with Crippen molar-refractivity contribution in [1.82, 2.24) is 24.5 Å². The minimum atomic E-state index is 0.0119. The highest BCUT2D eigenvalue weighted by molar-refractivity contribution is 5.84. The zero-order chi connectivity index (χ0) is 18.2. The van der Waals surface area contributed by atoms with Crippen LogP contribution in [0.2, 0.25) is 0 Å². The monoisotopic (exact) mass is 359 g/mol. The zero-order valence-corrected chi connectivity index (χ0v) is 15.0. The van der Waals surface area contributed by atoms with E-state index in [-0.39, 0.29) is 11.9 Å². The van der Waals surface area contributed by atoms with Crippen LogP contribution in [-0.2, 0) is 11.2 Å². The quantitative estimate of drug-likeness (QED) is 0.606. The molecule has 3 aromatic heterocycles. The van der Waals surface area contributed by atoms with Crippen LogP contribution in [0.5, 0.6) is 0 Å². The lowest BCUT2D eigenvalue weighted by Crippen LogP contribution is -2.31. The van der Waals surface area contributed by atoms with Gasteiger partial charge in [-0.3, -0.25) is 9.20 Å². The van der Waals surface area contributed by atoms with Gasteiger partial charge in [0.1, 0.15) is 0 Å². The zero-order valence-electron chi connectivity index (χ0n) is 15.0. The van der Waals surface area contributed by atoms with E-state index in [9.17, 15) is 4.79 Å². The van der Waals surface area contributed by atoms with Gasteiger partial charge in [-0.25, -0.2) is 0 Å². The normalized spacial score (nSPS) is 17.2. The summed E-state index contributed by atoms with van der Waals surface area (Å²) in [6.45, 7) is 0.791. The number of pyridine rings is 1. The number of nitrogens with zero attached hydrogens (tertiary/aromatic N) is 4. The number of hydrogen-bond acceptors (Lipinski definition) is 3. The Morgan fingerprint density at radius 2 is 2.04 bits per heavy atom. The third-order valence-electron chi connectivity index (χ3n) is 5.49. The number of likely N-dealkylation sites (tertiary alicyclic amines) is 1. The highest BCUT2D eigenvalue weighted by atomic mass is 16.2. The molecule has 0 saturated carbocycles. The van der Waals surface area contributed by atoms with Crippen LogP contribution in [0, 0.1) is 0 Å². The summed E-state index contributed by atoms with van der Waals surface area (Å²) < 4.78 is 2.00. The number of nitrogens with one attached hydrogen (secondary N) is 1. The van der Waals surface area contributed by atoms with Crippen LogP contribution in [0.4, 0.5) is 0 Å². The maximum Gasteiger partial charge on any atom is 0.223 e. The number of carbonyl (C=O) groups excluding carboxylic acids is 1. The van der Waals surface area contributed by atoms with Gasteiger partial charge in [0.2, 0.25) is 5.91 Å². The third-order valence-corrected chi connectivity index (χ3v) is 5.49. The largest absolute Gasteiger partial charge is 0.361 e. The number of carbonyl (C=O) groups is 1. The maximum atomic E-state index is 13.0.